The zero-order chi connectivity index (χ0) is 41.7. The van der Waals surface area contributed by atoms with Crippen molar-refractivity contribution in [3.63, 3.8) is 0 Å². The molecule has 0 aliphatic rings. The Balaban J connectivity index is 1.05. The number of hydrogen-bond donors (Lipinski definition) is 0. The normalized spacial score (nSPS) is 11.5. The van der Waals surface area contributed by atoms with E-state index in [2.05, 4.69) is 194 Å². The Bertz CT molecular complexity index is 3540. The van der Waals surface area contributed by atoms with Gasteiger partial charge in [-0.05, 0) is 52.1 Å². The Kier molecular flexibility index (Phi) is 8.75. The molecule has 294 valence electrons. The first-order valence-corrected chi connectivity index (χ1v) is 21.1. The lowest BCUT2D eigenvalue weighted by Crippen LogP contribution is -2.00. The van der Waals surface area contributed by atoms with Crippen LogP contribution >= 0.6 is 0 Å². The second-order valence-corrected chi connectivity index (χ2v) is 15.8. The van der Waals surface area contributed by atoms with Crippen molar-refractivity contribution in [1.29, 1.82) is 0 Å². The first-order valence-electron chi connectivity index (χ1n) is 21.1. The summed E-state index contributed by atoms with van der Waals surface area (Å²) < 4.78 is 6.64. The van der Waals surface area contributed by atoms with Gasteiger partial charge in [0.25, 0.3) is 0 Å². The molecule has 0 saturated heterocycles. The smallest absolute Gasteiger partial charge is 0.164 e. The highest BCUT2D eigenvalue weighted by atomic mass is 16.3. The van der Waals surface area contributed by atoms with E-state index in [1.165, 1.54) is 0 Å². The third-order valence-corrected chi connectivity index (χ3v) is 11.9. The van der Waals surface area contributed by atoms with Crippen molar-refractivity contribution in [2.75, 3.05) is 0 Å². The SMILES string of the molecule is c1ccc(-c2ccc(-c3nc(-c4ccc(-c5ccccc5)cc4)nc(-c4cccc(-c5nc6ccccc6c6c(-c7ccccc7)c7c(cc56)oc5ccccc57)c4)n3)cc2)cc1. The second kappa shape index (κ2) is 15.2. The number of rotatable bonds is 7. The predicted octanol–water partition coefficient (Wildman–Crippen LogP) is 15.1. The van der Waals surface area contributed by atoms with Crippen LogP contribution in [0.25, 0.3) is 122 Å². The summed E-state index contributed by atoms with van der Waals surface area (Å²) in [5.74, 6) is 1.77. The molecule has 0 aliphatic heterocycles. The number of benzene rings is 9. The Morgan fingerprint density at radius 2 is 0.730 bits per heavy atom. The summed E-state index contributed by atoms with van der Waals surface area (Å²) in [6, 6.07) is 75.6. The molecular weight excluding hydrogens is 769 g/mol. The van der Waals surface area contributed by atoms with Crippen molar-refractivity contribution in [2.45, 2.75) is 0 Å². The average Bonchev–Trinajstić information content (AvgIpc) is 3.74. The first-order chi connectivity index (χ1) is 31.2. The standard InChI is InChI=1S/C58H36N4O/c1-4-15-37(16-5-1)39-27-31-42(32-28-39)56-60-57(43-33-29-40(30-34-43)38-17-6-2-7-18-38)62-58(61-56)45-22-14-21-44(35-45)55-48-36-51-54(47-24-11-13-26-50(47)63-51)52(41-19-8-3-9-20-41)53(48)46-23-10-12-25-49(46)59-55/h1-36H. The number of para-hydroxylation sites is 2. The lowest BCUT2D eigenvalue weighted by Gasteiger charge is -2.16. The van der Waals surface area contributed by atoms with Gasteiger partial charge in [-0.3, -0.25) is 0 Å². The van der Waals surface area contributed by atoms with Gasteiger partial charge in [0.15, 0.2) is 17.5 Å². The van der Waals surface area contributed by atoms with E-state index in [0.717, 1.165) is 105 Å². The molecule has 0 saturated carbocycles. The molecule has 12 rings (SSSR count). The average molecular weight is 805 g/mol. The van der Waals surface area contributed by atoms with Crippen molar-refractivity contribution in [1.82, 2.24) is 19.9 Å². The van der Waals surface area contributed by atoms with Crippen LogP contribution in [0.5, 0.6) is 0 Å². The van der Waals surface area contributed by atoms with E-state index in [9.17, 15) is 0 Å². The molecule has 0 fully saturated rings. The highest BCUT2D eigenvalue weighted by molar-refractivity contribution is 6.27. The van der Waals surface area contributed by atoms with Gasteiger partial charge in [-0.15, -0.1) is 0 Å². The topological polar surface area (TPSA) is 64.7 Å². The molecule has 12 aromatic rings. The zero-order valence-corrected chi connectivity index (χ0v) is 34.0. The van der Waals surface area contributed by atoms with E-state index in [4.69, 9.17) is 24.4 Å². The van der Waals surface area contributed by atoms with Crippen LogP contribution in [0, 0.1) is 0 Å². The molecule has 5 nitrogen and oxygen atoms in total. The molecule has 0 radical (unpaired) electrons. The van der Waals surface area contributed by atoms with Crippen LogP contribution in [0.1, 0.15) is 0 Å². The minimum absolute atomic E-state index is 0.575. The summed E-state index contributed by atoms with van der Waals surface area (Å²) >= 11 is 0. The van der Waals surface area contributed by atoms with Gasteiger partial charge in [0.2, 0.25) is 0 Å². The van der Waals surface area contributed by atoms with Gasteiger partial charge in [0.05, 0.1) is 11.2 Å². The predicted molar refractivity (Wildman–Crippen MR) is 258 cm³/mol. The van der Waals surface area contributed by atoms with Crippen LogP contribution < -0.4 is 0 Å². The maximum Gasteiger partial charge on any atom is 0.164 e. The fourth-order valence-electron chi connectivity index (χ4n) is 8.88. The van der Waals surface area contributed by atoms with Crippen LogP contribution in [0.2, 0.25) is 0 Å². The van der Waals surface area contributed by atoms with Gasteiger partial charge in [0, 0.05) is 54.7 Å². The first kappa shape index (κ1) is 36.3. The van der Waals surface area contributed by atoms with Gasteiger partial charge in [0.1, 0.15) is 11.2 Å². The van der Waals surface area contributed by atoms with E-state index in [-0.39, 0.29) is 0 Å². The molecule has 0 bridgehead atoms. The van der Waals surface area contributed by atoms with Crippen LogP contribution in [0.3, 0.4) is 0 Å². The molecule has 0 N–H and O–H groups in total. The Morgan fingerprint density at radius 3 is 1.35 bits per heavy atom. The maximum atomic E-state index is 6.64. The Morgan fingerprint density at radius 1 is 0.270 bits per heavy atom. The maximum absolute atomic E-state index is 6.64. The summed E-state index contributed by atoms with van der Waals surface area (Å²) in [5, 5.41) is 5.41. The largest absolute Gasteiger partial charge is 0.456 e. The lowest BCUT2D eigenvalue weighted by atomic mass is 9.89. The van der Waals surface area contributed by atoms with Gasteiger partial charge in [-0.25, -0.2) is 19.9 Å². The van der Waals surface area contributed by atoms with Crippen molar-refractivity contribution in [3.05, 3.63) is 218 Å². The van der Waals surface area contributed by atoms with E-state index in [1.807, 2.05) is 24.3 Å². The fourth-order valence-corrected chi connectivity index (χ4v) is 8.88. The van der Waals surface area contributed by atoms with Crippen molar-refractivity contribution in [2.24, 2.45) is 0 Å². The molecule has 3 heterocycles. The molecule has 5 heteroatoms. The van der Waals surface area contributed by atoms with Crippen molar-refractivity contribution >= 4 is 43.6 Å². The van der Waals surface area contributed by atoms with Gasteiger partial charge in [-0.2, -0.15) is 0 Å². The van der Waals surface area contributed by atoms with Crippen LogP contribution in [0.15, 0.2) is 223 Å². The van der Waals surface area contributed by atoms with Gasteiger partial charge >= 0.3 is 0 Å². The third-order valence-electron chi connectivity index (χ3n) is 11.9. The summed E-state index contributed by atoms with van der Waals surface area (Å²) in [7, 11) is 0. The molecule has 0 unspecified atom stereocenters. The van der Waals surface area contributed by atoms with Crippen molar-refractivity contribution in [3.8, 4) is 78.8 Å². The van der Waals surface area contributed by atoms with E-state index < -0.39 is 0 Å². The number of fused-ring (bicyclic) bond motifs is 6. The van der Waals surface area contributed by atoms with Crippen LogP contribution in [0.4, 0.5) is 0 Å². The zero-order valence-electron chi connectivity index (χ0n) is 34.0. The number of aromatic nitrogens is 4. The number of pyridine rings is 1. The molecule has 3 aromatic heterocycles. The highest BCUT2D eigenvalue weighted by Gasteiger charge is 2.22. The second-order valence-electron chi connectivity index (χ2n) is 15.8. The third kappa shape index (κ3) is 6.51. The monoisotopic (exact) mass is 804 g/mol. The lowest BCUT2D eigenvalue weighted by molar-refractivity contribution is 0.669. The molecule has 63 heavy (non-hydrogen) atoms. The number of hydrogen-bond acceptors (Lipinski definition) is 5. The van der Waals surface area contributed by atoms with E-state index >= 15 is 0 Å². The van der Waals surface area contributed by atoms with Crippen molar-refractivity contribution < 1.29 is 4.42 Å². The molecule has 0 amide bonds. The summed E-state index contributed by atoms with van der Waals surface area (Å²) in [4.78, 5) is 20.9. The Labute approximate surface area is 363 Å². The van der Waals surface area contributed by atoms with Gasteiger partial charge < -0.3 is 4.42 Å². The highest BCUT2D eigenvalue weighted by Crippen LogP contribution is 2.46. The van der Waals surface area contributed by atoms with Crippen LogP contribution in [-0.2, 0) is 0 Å². The Hall–Kier alpha value is -8.54. The van der Waals surface area contributed by atoms with E-state index in [0.29, 0.717) is 17.5 Å². The minimum Gasteiger partial charge on any atom is -0.456 e. The summed E-state index contributed by atoms with van der Waals surface area (Å²) in [6.45, 7) is 0. The number of nitrogens with zero attached hydrogens (tertiary/aromatic N) is 4. The molecular formula is C58H36N4O. The van der Waals surface area contributed by atoms with E-state index in [1.54, 1.807) is 0 Å². The molecule has 0 aliphatic carbocycles. The van der Waals surface area contributed by atoms with Gasteiger partial charge in [-0.1, -0.05) is 194 Å². The minimum atomic E-state index is 0.575. The quantitative estimate of drug-likeness (QED) is 0.150. The number of furan rings is 1. The summed E-state index contributed by atoms with van der Waals surface area (Å²) in [6.07, 6.45) is 0. The van der Waals surface area contributed by atoms with Crippen LogP contribution in [-0.4, -0.2) is 19.9 Å². The summed E-state index contributed by atoms with van der Waals surface area (Å²) in [5.41, 5.74) is 13.9. The molecule has 0 atom stereocenters. The molecule has 0 spiro atoms. The fraction of sp³-hybridized carbons (Fsp3) is 0. The molecule has 9 aromatic carbocycles.